The zero-order valence-corrected chi connectivity index (χ0v) is 12.4. The second-order valence-electron chi connectivity index (χ2n) is 5.19. The van der Waals surface area contributed by atoms with E-state index in [1.54, 1.807) is 18.4 Å². The van der Waals surface area contributed by atoms with Gasteiger partial charge in [-0.2, -0.15) is 0 Å². The predicted molar refractivity (Wildman–Crippen MR) is 76.8 cm³/mol. The molecule has 0 fully saturated rings. The van der Waals surface area contributed by atoms with Crippen LogP contribution in [0.2, 0.25) is 0 Å². The first-order valence-electron chi connectivity index (χ1n) is 7.14. The minimum Gasteiger partial charge on any atom is -0.467 e. The van der Waals surface area contributed by atoms with Gasteiger partial charge in [-0.3, -0.25) is 9.59 Å². The fourth-order valence-corrected chi connectivity index (χ4v) is 1.82. The first-order valence-corrected chi connectivity index (χ1v) is 7.14. The first-order chi connectivity index (χ1) is 9.54. The minimum atomic E-state index is -0.505. The van der Waals surface area contributed by atoms with E-state index >= 15 is 0 Å². The number of furan rings is 1. The highest BCUT2D eigenvalue weighted by Gasteiger charge is 2.23. The van der Waals surface area contributed by atoms with Crippen molar-refractivity contribution in [2.24, 2.45) is 5.92 Å². The van der Waals surface area contributed by atoms with Crippen LogP contribution < -0.4 is 10.6 Å². The fraction of sp³-hybridized carbons (Fsp3) is 0.600. The summed E-state index contributed by atoms with van der Waals surface area (Å²) >= 11 is 0. The highest BCUT2D eigenvalue weighted by Crippen LogP contribution is 2.05. The molecule has 0 saturated heterocycles. The number of amides is 2. The van der Waals surface area contributed by atoms with Gasteiger partial charge < -0.3 is 15.1 Å². The van der Waals surface area contributed by atoms with Crippen LogP contribution in [0.3, 0.4) is 0 Å². The van der Waals surface area contributed by atoms with Crippen molar-refractivity contribution in [1.29, 1.82) is 0 Å². The van der Waals surface area contributed by atoms with Gasteiger partial charge in [-0.25, -0.2) is 0 Å². The average Bonchev–Trinajstić information content (AvgIpc) is 2.92. The average molecular weight is 280 g/mol. The van der Waals surface area contributed by atoms with Gasteiger partial charge in [0, 0.05) is 6.42 Å². The van der Waals surface area contributed by atoms with Crippen LogP contribution in [0, 0.1) is 5.92 Å². The van der Waals surface area contributed by atoms with E-state index in [2.05, 4.69) is 10.6 Å². The Morgan fingerprint density at radius 3 is 2.65 bits per heavy atom. The summed E-state index contributed by atoms with van der Waals surface area (Å²) in [5.41, 5.74) is 0. The molecule has 0 spiro atoms. The van der Waals surface area contributed by atoms with E-state index in [1.807, 2.05) is 20.8 Å². The van der Waals surface area contributed by atoms with Gasteiger partial charge in [0.15, 0.2) is 0 Å². The molecule has 0 aliphatic rings. The molecule has 0 aliphatic heterocycles. The number of nitrogens with one attached hydrogen (secondary N) is 2. The Morgan fingerprint density at radius 2 is 2.10 bits per heavy atom. The van der Waals surface area contributed by atoms with Gasteiger partial charge in [-0.05, 0) is 24.5 Å². The number of hydrogen-bond acceptors (Lipinski definition) is 3. The van der Waals surface area contributed by atoms with Crippen molar-refractivity contribution >= 4 is 11.8 Å². The molecule has 2 amide bonds. The topological polar surface area (TPSA) is 71.3 Å². The van der Waals surface area contributed by atoms with Crippen LogP contribution in [0.1, 0.15) is 45.8 Å². The Balaban J connectivity index is 2.47. The quantitative estimate of drug-likeness (QED) is 0.767. The third-order valence-corrected chi connectivity index (χ3v) is 3.04. The van der Waals surface area contributed by atoms with Crippen LogP contribution in [0.4, 0.5) is 0 Å². The van der Waals surface area contributed by atoms with Gasteiger partial charge in [-0.15, -0.1) is 0 Å². The van der Waals surface area contributed by atoms with Crippen LogP contribution in [0.5, 0.6) is 0 Å². The van der Waals surface area contributed by atoms with Crippen molar-refractivity contribution in [1.82, 2.24) is 10.6 Å². The number of hydrogen-bond donors (Lipinski definition) is 2. The van der Waals surface area contributed by atoms with Crippen molar-refractivity contribution in [2.75, 3.05) is 0 Å². The van der Waals surface area contributed by atoms with E-state index < -0.39 is 6.04 Å². The summed E-state index contributed by atoms with van der Waals surface area (Å²) in [4.78, 5) is 23.9. The van der Waals surface area contributed by atoms with Crippen molar-refractivity contribution in [3.8, 4) is 0 Å². The molecule has 0 saturated carbocycles. The summed E-state index contributed by atoms with van der Waals surface area (Å²) in [6.45, 7) is 6.19. The smallest absolute Gasteiger partial charge is 0.243 e. The van der Waals surface area contributed by atoms with Crippen LogP contribution >= 0.6 is 0 Å². The van der Waals surface area contributed by atoms with Gasteiger partial charge in [0.1, 0.15) is 11.8 Å². The Bertz CT molecular complexity index is 413. The van der Waals surface area contributed by atoms with Crippen molar-refractivity contribution < 1.29 is 14.0 Å². The summed E-state index contributed by atoms with van der Waals surface area (Å²) in [7, 11) is 0. The van der Waals surface area contributed by atoms with Crippen molar-refractivity contribution in [2.45, 2.75) is 52.6 Å². The van der Waals surface area contributed by atoms with Gasteiger partial charge in [0.25, 0.3) is 0 Å². The molecule has 5 nitrogen and oxygen atoms in total. The van der Waals surface area contributed by atoms with Crippen LogP contribution in [-0.4, -0.2) is 17.9 Å². The summed E-state index contributed by atoms with van der Waals surface area (Å²) in [6.07, 6.45) is 3.83. The lowest BCUT2D eigenvalue weighted by molar-refractivity contribution is -0.130. The highest BCUT2D eigenvalue weighted by molar-refractivity contribution is 5.87. The molecule has 0 radical (unpaired) electrons. The zero-order chi connectivity index (χ0) is 15.0. The molecule has 0 unspecified atom stereocenters. The molecule has 0 bridgehead atoms. The van der Waals surface area contributed by atoms with Gasteiger partial charge in [0.05, 0.1) is 12.8 Å². The predicted octanol–water partition coefficient (Wildman–Crippen LogP) is 2.23. The minimum absolute atomic E-state index is 0.0391. The molecule has 0 aromatic carbocycles. The summed E-state index contributed by atoms with van der Waals surface area (Å²) < 4.78 is 5.16. The van der Waals surface area contributed by atoms with Crippen LogP contribution in [0.15, 0.2) is 22.8 Å². The lowest BCUT2D eigenvalue weighted by Gasteiger charge is -2.21. The number of carbonyl (C=O) groups excluding carboxylic acids is 2. The van der Waals surface area contributed by atoms with Gasteiger partial charge >= 0.3 is 0 Å². The Hall–Kier alpha value is -1.78. The molecule has 0 aliphatic carbocycles. The Labute approximate surface area is 120 Å². The van der Waals surface area contributed by atoms with E-state index in [1.165, 1.54) is 0 Å². The van der Waals surface area contributed by atoms with E-state index in [4.69, 9.17) is 4.42 Å². The lowest BCUT2D eigenvalue weighted by atomic mass is 10.0. The molecular weight excluding hydrogens is 256 g/mol. The largest absolute Gasteiger partial charge is 0.467 e. The third kappa shape index (κ3) is 5.47. The monoisotopic (exact) mass is 280 g/mol. The molecule has 2 N–H and O–H groups in total. The fourth-order valence-electron chi connectivity index (χ4n) is 1.82. The van der Waals surface area contributed by atoms with E-state index in [9.17, 15) is 9.59 Å². The second-order valence-corrected chi connectivity index (χ2v) is 5.19. The van der Waals surface area contributed by atoms with Crippen molar-refractivity contribution in [3.63, 3.8) is 0 Å². The maximum Gasteiger partial charge on any atom is 0.243 e. The zero-order valence-electron chi connectivity index (χ0n) is 12.4. The van der Waals surface area contributed by atoms with Crippen LogP contribution in [0.25, 0.3) is 0 Å². The molecule has 20 heavy (non-hydrogen) atoms. The molecule has 1 aromatic heterocycles. The molecule has 1 aromatic rings. The first kappa shape index (κ1) is 16.3. The molecule has 1 atom stereocenters. The van der Waals surface area contributed by atoms with Crippen molar-refractivity contribution in [3.05, 3.63) is 24.2 Å². The van der Waals surface area contributed by atoms with Crippen LogP contribution in [-0.2, 0) is 16.1 Å². The number of carbonyl (C=O) groups is 2. The Kier molecular flexibility index (Phi) is 6.84. The van der Waals surface area contributed by atoms with E-state index in [-0.39, 0.29) is 17.7 Å². The number of rotatable bonds is 8. The molecule has 1 rings (SSSR count). The summed E-state index contributed by atoms with van der Waals surface area (Å²) in [5, 5.41) is 5.58. The lowest BCUT2D eigenvalue weighted by Crippen LogP contribution is -2.49. The SMILES string of the molecule is CCCCC(=O)N[C@@H](C(=O)NCc1ccco1)C(C)C. The highest BCUT2D eigenvalue weighted by atomic mass is 16.3. The molecule has 112 valence electrons. The van der Waals surface area contributed by atoms with E-state index in [0.29, 0.717) is 18.7 Å². The molecule has 1 heterocycles. The normalized spacial score (nSPS) is 12.2. The maximum atomic E-state index is 12.1. The van der Waals surface area contributed by atoms with E-state index in [0.717, 1.165) is 12.8 Å². The Morgan fingerprint density at radius 1 is 1.35 bits per heavy atom. The molecular formula is C15H24N2O3. The molecule has 5 heteroatoms. The third-order valence-electron chi connectivity index (χ3n) is 3.04. The maximum absolute atomic E-state index is 12.1. The number of unbranched alkanes of at least 4 members (excludes halogenated alkanes) is 1. The summed E-state index contributed by atoms with van der Waals surface area (Å²) in [5.74, 6) is 0.482. The standard InChI is InChI=1S/C15H24N2O3/c1-4-5-8-13(18)17-14(11(2)3)15(19)16-10-12-7-6-9-20-12/h6-7,9,11,14H,4-5,8,10H2,1-3H3,(H,16,19)(H,17,18)/t14-/m1/s1. The summed E-state index contributed by atoms with van der Waals surface area (Å²) in [6, 6.07) is 3.06. The van der Waals surface area contributed by atoms with Gasteiger partial charge in [0.2, 0.25) is 11.8 Å². The van der Waals surface area contributed by atoms with Gasteiger partial charge in [-0.1, -0.05) is 27.2 Å². The second kappa shape index (κ2) is 8.40.